The fourth-order valence-corrected chi connectivity index (χ4v) is 5.09. The summed E-state index contributed by atoms with van der Waals surface area (Å²) >= 11 is 1.57. The largest absolute Gasteiger partial charge is 0.352 e. The summed E-state index contributed by atoms with van der Waals surface area (Å²) in [5.41, 5.74) is 0.969. The van der Waals surface area contributed by atoms with Crippen molar-refractivity contribution < 1.29 is 14.4 Å². The highest BCUT2D eigenvalue weighted by molar-refractivity contribution is 7.10. The summed E-state index contributed by atoms with van der Waals surface area (Å²) in [6, 6.07) is 7.32. The van der Waals surface area contributed by atoms with Crippen LogP contribution in [0.15, 0.2) is 42.0 Å². The zero-order valence-corrected chi connectivity index (χ0v) is 18.4. The fourth-order valence-electron chi connectivity index (χ4n) is 4.39. The molecule has 4 heterocycles. The number of thiophene rings is 1. The molecule has 2 aliphatic heterocycles. The molecule has 7 nitrogen and oxygen atoms in total. The van der Waals surface area contributed by atoms with E-state index in [4.69, 9.17) is 0 Å². The normalized spacial score (nSPS) is 19.4. The number of carbonyl (C=O) groups is 3. The highest BCUT2D eigenvalue weighted by Gasteiger charge is 2.38. The van der Waals surface area contributed by atoms with Gasteiger partial charge in [-0.25, -0.2) is 0 Å². The summed E-state index contributed by atoms with van der Waals surface area (Å²) in [5.74, 6) is 0.0136. The minimum absolute atomic E-state index is 0.0305. The highest BCUT2D eigenvalue weighted by atomic mass is 32.1. The maximum Gasteiger partial charge on any atom is 0.245 e. The van der Waals surface area contributed by atoms with Crippen LogP contribution < -0.4 is 5.32 Å². The Hall–Kier alpha value is -2.74. The second-order valence-corrected chi connectivity index (χ2v) is 9.21. The fraction of sp³-hybridized carbons (Fsp3) is 0.478. The Bertz CT molecular complexity index is 895. The first-order valence-corrected chi connectivity index (χ1v) is 11.8. The molecule has 31 heavy (non-hydrogen) atoms. The molecule has 164 valence electrons. The molecule has 8 heteroatoms. The van der Waals surface area contributed by atoms with Crippen LogP contribution in [0.1, 0.15) is 36.1 Å². The number of likely N-dealkylation sites (tertiary alicyclic amines) is 2. The second kappa shape index (κ2) is 10.0. The summed E-state index contributed by atoms with van der Waals surface area (Å²) in [6.07, 6.45) is 6.70. The van der Waals surface area contributed by atoms with Crippen molar-refractivity contribution in [3.8, 4) is 0 Å². The third-order valence-electron chi connectivity index (χ3n) is 6.13. The summed E-state index contributed by atoms with van der Waals surface area (Å²) in [6.45, 7) is 2.24. The lowest BCUT2D eigenvalue weighted by Crippen LogP contribution is -2.51. The Labute approximate surface area is 186 Å². The lowest BCUT2D eigenvalue weighted by atomic mass is 9.95. The third-order valence-corrected chi connectivity index (χ3v) is 7.01. The van der Waals surface area contributed by atoms with E-state index >= 15 is 0 Å². The Kier molecular flexibility index (Phi) is 6.96. The van der Waals surface area contributed by atoms with Crippen LogP contribution in [0.4, 0.5) is 0 Å². The molecule has 0 bridgehead atoms. The molecular weight excluding hydrogens is 412 g/mol. The number of hydrogen-bond donors (Lipinski definition) is 1. The van der Waals surface area contributed by atoms with Crippen LogP contribution in [0.3, 0.4) is 0 Å². The van der Waals surface area contributed by atoms with Gasteiger partial charge in [-0.05, 0) is 48.8 Å². The summed E-state index contributed by atoms with van der Waals surface area (Å²) in [4.78, 5) is 47.1. The molecule has 0 aromatic carbocycles. The molecule has 0 spiro atoms. The number of rotatable bonds is 6. The van der Waals surface area contributed by atoms with Gasteiger partial charge in [0.2, 0.25) is 17.7 Å². The summed E-state index contributed by atoms with van der Waals surface area (Å²) in [5, 5.41) is 4.94. The van der Waals surface area contributed by atoms with E-state index in [0.29, 0.717) is 45.4 Å². The van der Waals surface area contributed by atoms with Crippen LogP contribution in [0, 0.1) is 5.92 Å². The molecule has 2 aromatic heterocycles. The second-order valence-electron chi connectivity index (χ2n) is 8.18. The molecule has 1 unspecified atom stereocenters. The topological polar surface area (TPSA) is 82.6 Å². The van der Waals surface area contributed by atoms with Crippen molar-refractivity contribution in [2.24, 2.45) is 5.92 Å². The number of nitrogens with one attached hydrogen (secondary N) is 1. The van der Waals surface area contributed by atoms with Gasteiger partial charge in [0.1, 0.15) is 6.04 Å². The monoisotopic (exact) mass is 440 g/mol. The van der Waals surface area contributed by atoms with Crippen LogP contribution >= 0.6 is 11.3 Å². The lowest BCUT2D eigenvalue weighted by molar-refractivity contribution is -0.145. The highest BCUT2D eigenvalue weighted by Crippen LogP contribution is 2.25. The first kappa shape index (κ1) is 21.5. The molecule has 2 aliphatic rings. The molecule has 4 rings (SSSR count). The van der Waals surface area contributed by atoms with Crippen molar-refractivity contribution in [1.29, 1.82) is 0 Å². The minimum atomic E-state index is -0.358. The van der Waals surface area contributed by atoms with Gasteiger partial charge in [-0.3, -0.25) is 19.4 Å². The van der Waals surface area contributed by atoms with Crippen LogP contribution in [-0.2, 0) is 27.3 Å². The van der Waals surface area contributed by atoms with E-state index in [-0.39, 0.29) is 29.7 Å². The maximum absolute atomic E-state index is 13.1. The van der Waals surface area contributed by atoms with Gasteiger partial charge in [-0.1, -0.05) is 12.1 Å². The van der Waals surface area contributed by atoms with Gasteiger partial charge in [0.25, 0.3) is 0 Å². The van der Waals surface area contributed by atoms with Gasteiger partial charge >= 0.3 is 0 Å². The molecule has 2 fully saturated rings. The number of pyridine rings is 1. The summed E-state index contributed by atoms with van der Waals surface area (Å²) < 4.78 is 0. The molecule has 0 radical (unpaired) electrons. The Morgan fingerprint density at radius 3 is 2.65 bits per heavy atom. The molecule has 1 N–H and O–H groups in total. The third kappa shape index (κ3) is 5.31. The van der Waals surface area contributed by atoms with Crippen molar-refractivity contribution in [2.75, 3.05) is 19.6 Å². The van der Waals surface area contributed by atoms with E-state index in [1.807, 2.05) is 34.5 Å². The van der Waals surface area contributed by atoms with E-state index in [1.54, 1.807) is 28.6 Å². The van der Waals surface area contributed by atoms with Crippen LogP contribution in [-0.4, -0.2) is 58.2 Å². The number of amides is 3. The standard InChI is InChI=1S/C23H28N4O3S/c28-21(14-19-5-3-13-31-19)27-10-2-6-20(27)23(30)26-11-7-18(8-12-26)22(29)25-16-17-4-1-9-24-15-17/h1,3-5,9,13,15,18,20H,2,6-8,10-12,14,16H2,(H,25,29). The maximum atomic E-state index is 13.1. The smallest absolute Gasteiger partial charge is 0.245 e. The van der Waals surface area contributed by atoms with Gasteiger partial charge in [0.05, 0.1) is 6.42 Å². The van der Waals surface area contributed by atoms with E-state index in [0.717, 1.165) is 23.3 Å². The first-order valence-electron chi connectivity index (χ1n) is 10.9. The summed E-state index contributed by atoms with van der Waals surface area (Å²) in [7, 11) is 0. The number of aromatic nitrogens is 1. The zero-order valence-electron chi connectivity index (χ0n) is 17.5. The lowest BCUT2D eigenvalue weighted by Gasteiger charge is -2.35. The number of piperidine rings is 1. The van der Waals surface area contributed by atoms with E-state index in [2.05, 4.69) is 10.3 Å². The molecule has 0 saturated carbocycles. The van der Waals surface area contributed by atoms with E-state index in [9.17, 15) is 14.4 Å². The quantitative estimate of drug-likeness (QED) is 0.747. The minimum Gasteiger partial charge on any atom is -0.352 e. The SMILES string of the molecule is O=C(NCc1cccnc1)C1CCN(C(=O)C2CCCN2C(=O)Cc2cccs2)CC1. The average molecular weight is 441 g/mol. The van der Waals surface area contributed by atoms with Crippen molar-refractivity contribution in [3.05, 3.63) is 52.5 Å². The predicted octanol–water partition coefficient (Wildman–Crippen LogP) is 2.23. The molecular formula is C23H28N4O3S. The Balaban J connectivity index is 1.26. The molecule has 2 aromatic rings. The van der Waals surface area contributed by atoms with Crippen molar-refractivity contribution in [1.82, 2.24) is 20.1 Å². The van der Waals surface area contributed by atoms with Crippen molar-refractivity contribution >= 4 is 29.1 Å². The van der Waals surface area contributed by atoms with Crippen LogP contribution in [0.2, 0.25) is 0 Å². The van der Waals surface area contributed by atoms with Gasteiger partial charge in [-0.15, -0.1) is 11.3 Å². The molecule has 3 amide bonds. The van der Waals surface area contributed by atoms with E-state index < -0.39 is 0 Å². The number of hydrogen-bond acceptors (Lipinski definition) is 5. The Morgan fingerprint density at radius 2 is 1.94 bits per heavy atom. The number of nitrogens with zero attached hydrogens (tertiary/aromatic N) is 3. The molecule has 2 saturated heterocycles. The number of carbonyl (C=O) groups excluding carboxylic acids is 3. The van der Waals surface area contributed by atoms with Crippen LogP contribution in [0.5, 0.6) is 0 Å². The van der Waals surface area contributed by atoms with Crippen molar-refractivity contribution in [3.63, 3.8) is 0 Å². The molecule has 1 atom stereocenters. The van der Waals surface area contributed by atoms with Crippen LogP contribution in [0.25, 0.3) is 0 Å². The average Bonchev–Trinajstić information content (AvgIpc) is 3.50. The zero-order chi connectivity index (χ0) is 21.6. The predicted molar refractivity (Wildman–Crippen MR) is 118 cm³/mol. The van der Waals surface area contributed by atoms with Gasteiger partial charge < -0.3 is 15.1 Å². The van der Waals surface area contributed by atoms with Crippen molar-refractivity contribution in [2.45, 2.75) is 44.7 Å². The van der Waals surface area contributed by atoms with Gasteiger partial charge in [0.15, 0.2) is 0 Å². The Morgan fingerprint density at radius 1 is 1.10 bits per heavy atom. The van der Waals surface area contributed by atoms with Gasteiger partial charge in [0, 0.05) is 49.4 Å². The molecule has 0 aliphatic carbocycles. The van der Waals surface area contributed by atoms with E-state index in [1.165, 1.54) is 0 Å². The van der Waals surface area contributed by atoms with Gasteiger partial charge in [-0.2, -0.15) is 0 Å². The first-order chi connectivity index (χ1) is 15.1.